The van der Waals surface area contributed by atoms with Gasteiger partial charge in [0, 0.05) is 17.7 Å². The first-order valence-corrected chi connectivity index (χ1v) is 11.7. The topological polar surface area (TPSA) is 67.2 Å². The van der Waals surface area contributed by atoms with Gasteiger partial charge in [-0.15, -0.1) is 0 Å². The van der Waals surface area contributed by atoms with Crippen LogP contribution in [-0.2, 0) is 30.0 Å². The summed E-state index contributed by atoms with van der Waals surface area (Å²) in [4.78, 5) is 1.47. The zero-order chi connectivity index (χ0) is 25.3. The van der Waals surface area contributed by atoms with E-state index in [1.807, 2.05) is 31.2 Å². The monoisotopic (exact) mass is 443 g/mol. The molecule has 7 heteroatoms. The van der Waals surface area contributed by atoms with Gasteiger partial charge in [-0.3, -0.25) is 9.40 Å². The molecule has 1 aromatic heterocycles. The second-order valence-electron chi connectivity index (χ2n) is 8.31. The molecule has 1 N–H and O–H groups in total. The average Bonchev–Trinajstić information content (AvgIpc) is 3.00. The molecule has 0 saturated carbocycles. The number of rotatable bonds is 8. The van der Waals surface area contributed by atoms with Gasteiger partial charge in [0.2, 0.25) is 0 Å². The first kappa shape index (κ1) is 19.1. The number of aryl methyl sites for hydroxylation is 1. The van der Waals surface area contributed by atoms with Crippen molar-refractivity contribution in [2.45, 2.75) is 38.6 Å². The molecular formula is C24H32N4O2S. The fraction of sp³-hybridized carbons (Fsp3) is 0.375. The summed E-state index contributed by atoms with van der Waals surface area (Å²) in [6, 6.07) is 14.2. The fourth-order valence-electron chi connectivity index (χ4n) is 3.48. The largest absolute Gasteiger partial charge is 0.305 e. The van der Waals surface area contributed by atoms with Gasteiger partial charge in [0.1, 0.15) is 0 Å². The molecule has 0 unspecified atom stereocenters. The average molecular weight is 444 g/mol. The second kappa shape index (κ2) is 9.24. The van der Waals surface area contributed by atoms with Gasteiger partial charge in [0.05, 0.1) is 22.0 Å². The van der Waals surface area contributed by atoms with Crippen LogP contribution in [0.1, 0.15) is 34.9 Å². The predicted octanol–water partition coefficient (Wildman–Crippen LogP) is 4.46. The molecule has 31 heavy (non-hydrogen) atoms. The molecule has 6 nitrogen and oxygen atoms in total. The minimum atomic E-state index is -3.79. The molecule has 0 radical (unpaired) electrons. The Balaban J connectivity index is 1.83. The van der Waals surface area contributed by atoms with E-state index >= 15 is 0 Å². The molecule has 0 bridgehead atoms. The molecule has 0 aliphatic heterocycles. The molecule has 3 aromatic rings. The van der Waals surface area contributed by atoms with E-state index in [2.05, 4.69) is 23.7 Å². The Morgan fingerprint density at radius 1 is 1.16 bits per heavy atom. The van der Waals surface area contributed by atoms with Crippen LogP contribution in [0.3, 0.4) is 0 Å². The highest BCUT2D eigenvalue weighted by Crippen LogP contribution is 2.27. The van der Waals surface area contributed by atoms with Crippen molar-refractivity contribution in [2.24, 2.45) is 13.0 Å². The van der Waals surface area contributed by atoms with Crippen molar-refractivity contribution in [2.75, 3.05) is 18.7 Å². The minimum absolute atomic E-state index is 0.160. The SMILES string of the molecule is [2H]C([2H])([2H])N(C)Cc1cccc(-c2ccc(S(=O)(=O)Nc3c(CC(C)C)nn(C)c3C)cc2)c1. The minimum Gasteiger partial charge on any atom is -0.305 e. The Kier molecular flexibility index (Phi) is 5.69. The van der Waals surface area contributed by atoms with E-state index in [-0.39, 0.29) is 11.4 Å². The molecule has 0 aliphatic rings. The molecular weight excluding hydrogens is 408 g/mol. The zero-order valence-electron chi connectivity index (χ0n) is 21.7. The maximum atomic E-state index is 13.1. The van der Waals surface area contributed by atoms with E-state index in [0.717, 1.165) is 28.1 Å². The van der Waals surface area contributed by atoms with Crippen molar-refractivity contribution in [3.05, 3.63) is 65.5 Å². The molecule has 0 spiro atoms. The Morgan fingerprint density at radius 3 is 2.52 bits per heavy atom. The Labute approximate surface area is 190 Å². The van der Waals surface area contributed by atoms with Gasteiger partial charge in [-0.25, -0.2) is 8.42 Å². The fourth-order valence-corrected chi connectivity index (χ4v) is 4.63. The molecule has 0 fully saturated rings. The van der Waals surface area contributed by atoms with E-state index < -0.39 is 17.0 Å². The summed E-state index contributed by atoms with van der Waals surface area (Å²) < 4.78 is 53.2. The normalized spacial score (nSPS) is 13.8. The lowest BCUT2D eigenvalue weighted by Crippen LogP contribution is -2.15. The van der Waals surface area contributed by atoms with Crippen LogP contribution >= 0.6 is 0 Å². The smallest absolute Gasteiger partial charge is 0.262 e. The van der Waals surface area contributed by atoms with Crippen molar-refractivity contribution >= 4 is 15.7 Å². The summed E-state index contributed by atoms with van der Waals surface area (Å²) in [6.07, 6.45) is 0.672. The highest BCUT2D eigenvalue weighted by atomic mass is 32.2. The van der Waals surface area contributed by atoms with Crippen LogP contribution in [-0.4, -0.2) is 37.1 Å². The van der Waals surface area contributed by atoms with Crippen LogP contribution in [0.4, 0.5) is 5.69 Å². The number of anilines is 1. The molecule has 0 atom stereocenters. The molecule has 0 saturated heterocycles. The summed E-state index contributed by atoms with van der Waals surface area (Å²) in [7, 11) is -0.433. The van der Waals surface area contributed by atoms with E-state index in [1.54, 1.807) is 43.0 Å². The number of hydrogen-bond acceptors (Lipinski definition) is 4. The summed E-state index contributed by atoms with van der Waals surface area (Å²) in [6.45, 7) is 4.09. The maximum absolute atomic E-state index is 13.1. The van der Waals surface area contributed by atoms with Crippen LogP contribution in [0, 0.1) is 12.8 Å². The molecule has 166 valence electrons. The van der Waals surface area contributed by atoms with Crippen molar-refractivity contribution in [1.82, 2.24) is 14.7 Å². The molecule has 3 rings (SSSR count). The molecule has 0 amide bonds. The van der Waals surface area contributed by atoms with Gasteiger partial charge in [-0.1, -0.05) is 44.2 Å². The summed E-state index contributed by atoms with van der Waals surface area (Å²) in [5, 5.41) is 4.48. The Hall–Kier alpha value is -2.64. The van der Waals surface area contributed by atoms with Crippen LogP contribution in [0.15, 0.2) is 53.4 Å². The lowest BCUT2D eigenvalue weighted by Gasteiger charge is -2.12. The van der Waals surface area contributed by atoms with Crippen LogP contribution in [0.25, 0.3) is 11.1 Å². The van der Waals surface area contributed by atoms with Gasteiger partial charge in [0.25, 0.3) is 10.0 Å². The number of benzene rings is 2. The van der Waals surface area contributed by atoms with Crippen molar-refractivity contribution in [3.8, 4) is 11.1 Å². The van der Waals surface area contributed by atoms with Crippen molar-refractivity contribution < 1.29 is 12.5 Å². The highest BCUT2D eigenvalue weighted by Gasteiger charge is 2.21. The Morgan fingerprint density at radius 2 is 1.87 bits per heavy atom. The molecule has 2 aromatic carbocycles. The molecule has 0 aliphatic carbocycles. The number of hydrogen-bond donors (Lipinski definition) is 1. The van der Waals surface area contributed by atoms with Gasteiger partial charge in [-0.05, 0) is 68.2 Å². The second-order valence-corrected chi connectivity index (χ2v) is 10.00. The molecule has 1 heterocycles. The van der Waals surface area contributed by atoms with Gasteiger partial charge < -0.3 is 4.90 Å². The standard InChI is InChI=1S/C24H32N4O2S/c1-17(2)14-23-24(18(3)28(6)25-23)26-31(29,30)22-12-10-20(11-13-22)21-9-7-8-19(15-21)16-27(4)5/h7-13,15,17,26H,14,16H2,1-6H3/i4D3. The van der Waals surface area contributed by atoms with Crippen LogP contribution < -0.4 is 4.72 Å². The van der Waals surface area contributed by atoms with Crippen molar-refractivity contribution in [1.29, 1.82) is 0 Å². The predicted molar refractivity (Wildman–Crippen MR) is 127 cm³/mol. The van der Waals surface area contributed by atoms with Gasteiger partial charge >= 0.3 is 0 Å². The van der Waals surface area contributed by atoms with Crippen LogP contribution in [0.5, 0.6) is 0 Å². The lowest BCUT2D eigenvalue weighted by molar-refractivity contribution is 0.402. The van der Waals surface area contributed by atoms with Crippen LogP contribution in [0.2, 0.25) is 0 Å². The van der Waals surface area contributed by atoms with E-state index in [4.69, 9.17) is 4.11 Å². The summed E-state index contributed by atoms with van der Waals surface area (Å²) in [5.74, 6) is 0.340. The third-order valence-electron chi connectivity index (χ3n) is 5.09. The van der Waals surface area contributed by atoms with Gasteiger partial charge in [0.15, 0.2) is 0 Å². The third-order valence-corrected chi connectivity index (χ3v) is 6.45. The third kappa shape index (κ3) is 5.54. The lowest BCUT2D eigenvalue weighted by atomic mass is 10.0. The van der Waals surface area contributed by atoms with E-state index in [9.17, 15) is 8.42 Å². The number of aromatic nitrogens is 2. The Bertz CT molecular complexity index is 1250. The highest BCUT2D eigenvalue weighted by molar-refractivity contribution is 7.92. The first-order chi connectivity index (χ1) is 15.8. The maximum Gasteiger partial charge on any atom is 0.262 e. The number of sulfonamides is 1. The zero-order valence-corrected chi connectivity index (χ0v) is 19.5. The number of nitrogens with one attached hydrogen (secondary N) is 1. The summed E-state index contributed by atoms with van der Waals surface area (Å²) >= 11 is 0. The van der Waals surface area contributed by atoms with Crippen molar-refractivity contribution in [3.63, 3.8) is 0 Å². The van der Waals surface area contributed by atoms with Gasteiger partial charge in [-0.2, -0.15) is 5.10 Å². The number of nitrogens with zero attached hydrogens (tertiary/aromatic N) is 3. The van der Waals surface area contributed by atoms with E-state index in [0.29, 0.717) is 18.0 Å². The van der Waals surface area contributed by atoms with E-state index in [1.165, 1.54) is 4.90 Å². The first-order valence-electron chi connectivity index (χ1n) is 11.7. The summed E-state index contributed by atoms with van der Waals surface area (Å²) in [5.41, 5.74) is 4.61. The quantitative estimate of drug-likeness (QED) is 0.558.